The van der Waals surface area contributed by atoms with E-state index >= 15 is 0 Å². The van der Waals surface area contributed by atoms with E-state index in [4.69, 9.17) is 28.9 Å². The Kier molecular flexibility index (Phi) is 8.09. The van der Waals surface area contributed by atoms with Gasteiger partial charge in [-0.1, -0.05) is 30.3 Å². The largest absolute Gasteiger partial charge is 0.528 e. The van der Waals surface area contributed by atoms with Gasteiger partial charge in [0.05, 0.1) is 14.2 Å². The highest BCUT2D eigenvalue weighted by Gasteiger charge is 2.36. The fraction of sp³-hybridized carbons (Fsp3) is 0.259. The zero-order valence-corrected chi connectivity index (χ0v) is 20.3. The highest BCUT2D eigenvalue weighted by atomic mass is 19.1. The van der Waals surface area contributed by atoms with Crippen molar-refractivity contribution in [2.75, 3.05) is 27.4 Å². The van der Waals surface area contributed by atoms with E-state index in [0.717, 1.165) is 11.1 Å². The number of halogens is 1. The van der Waals surface area contributed by atoms with E-state index in [1.807, 2.05) is 36.4 Å². The summed E-state index contributed by atoms with van der Waals surface area (Å²) in [6.45, 7) is -0.390. The molecule has 1 N–H and O–H groups in total. The van der Waals surface area contributed by atoms with E-state index in [1.54, 1.807) is 6.07 Å². The molecule has 1 atom stereocenters. The van der Waals surface area contributed by atoms with Crippen molar-refractivity contribution in [3.8, 4) is 17.2 Å². The average molecular weight is 512 g/mol. The third-order valence-electron chi connectivity index (χ3n) is 5.84. The van der Waals surface area contributed by atoms with Crippen LogP contribution >= 0.6 is 0 Å². The zero-order valence-electron chi connectivity index (χ0n) is 20.3. The molecule has 10 heteroatoms. The van der Waals surface area contributed by atoms with E-state index < -0.39 is 30.6 Å². The second kappa shape index (κ2) is 11.6. The Hall–Kier alpha value is -4.31. The van der Waals surface area contributed by atoms with E-state index in [-0.39, 0.29) is 24.5 Å². The second-order valence-electron chi connectivity index (χ2n) is 8.18. The Morgan fingerprint density at radius 2 is 1.70 bits per heavy atom. The van der Waals surface area contributed by atoms with E-state index in [2.05, 4.69) is 0 Å². The van der Waals surface area contributed by atoms with Gasteiger partial charge >= 0.3 is 12.1 Å². The van der Waals surface area contributed by atoms with E-state index in [1.165, 1.54) is 37.5 Å². The molecule has 3 aromatic rings. The number of benzene rings is 3. The van der Waals surface area contributed by atoms with Crippen molar-refractivity contribution in [1.29, 1.82) is 0 Å². The molecular formula is C27H26FNO8. The van der Waals surface area contributed by atoms with Crippen LogP contribution in [0.5, 0.6) is 17.2 Å². The van der Waals surface area contributed by atoms with Crippen molar-refractivity contribution in [2.24, 2.45) is 0 Å². The minimum Gasteiger partial charge on any atom is -0.493 e. The molecule has 0 radical (unpaired) electrons. The lowest BCUT2D eigenvalue weighted by Gasteiger charge is -2.36. The van der Waals surface area contributed by atoms with Gasteiger partial charge in [0, 0.05) is 12.1 Å². The third-order valence-corrected chi connectivity index (χ3v) is 5.84. The van der Waals surface area contributed by atoms with Gasteiger partial charge in [-0.3, -0.25) is 0 Å². The van der Waals surface area contributed by atoms with Gasteiger partial charge < -0.3 is 28.9 Å². The Morgan fingerprint density at radius 1 is 0.973 bits per heavy atom. The number of hydroxylamine groups is 2. The molecule has 194 valence electrons. The van der Waals surface area contributed by atoms with Crippen LogP contribution in [-0.4, -0.2) is 49.7 Å². The maximum Gasteiger partial charge on any atom is 0.528 e. The molecule has 1 unspecified atom stereocenters. The predicted octanol–water partition coefficient (Wildman–Crippen LogP) is 4.52. The normalized spacial score (nSPS) is 14.8. The number of ether oxygens (including phenoxy) is 4. The number of hydrogen-bond acceptors (Lipinski definition) is 8. The van der Waals surface area contributed by atoms with Crippen LogP contribution in [0.15, 0.2) is 60.7 Å². The number of carbonyl (C=O) groups excluding carboxylic acids is 1. The summed E-state index contributed by atoms with van der Waals surface area (Å²) in [7, 11) is 3.01. The molecule has 0 bridgehead atoms. The summed E-state index contributed by atoms with van der Waals surface area (Å²) in [5, 5.41) is 10.5. The molecule has 4 rings (SSSR count). The summed E-state index contributed by atoms with van der Waals surface area (Å²) in [4.78, 5) is 29.4. The summed E-state index contributed by atoms with van der Waals surface area (Å²) in [6.07, 6.45) is -0.471. The Bertz CT molecular complexity index is 1270. The highest BCUT2D eigenvalue weighted by Crippen LogP contribution is 2.43. The molecule has 1 heterocycles. The molecule has 9 nitrogen and oxygen atoms in total. The summed E-state index contributed by atoms with van der Waals surface area (Å²) in [5.74, 6) is -0.703. The summed E-state index contributed by atoms with van der Waals surface area (Å²) < 4.78 is 36.1. The Balaban J connectivity index is 1.71. The lowest BCUT2D eigenvalue weighted by molar-refractivity contribution is -0.152. The molecule has 0 aromatic heterocycles. The molecule has 0 saturated carbocycles. The number of hydrogen-bond donors (Lipinski definition) is 1. The first-order valence-corrected chi connectivity index (χ1v) is 11.4. The van der Waals surface area contributed by atoms with Crippen LogP contribution in [0.1, 0.15) is 28.3 Å². The molecule has 0 spiro atoms. The molecule has 0 amide bonds. The number of methoxy groups -OCH3 is 2. The number of carboxylic acid groups (broad SMARTS) is 1. The van der Waals surface area contributed by atoms with Crippen molar-refractivity contribution >= 4 is 12.1 Å². The zero-order chi connectivity index (χ0) is 26.4. The van der Waals surface area contributed by atoms with Crippen LogP contribution in [0, 0.1) is 5.82 Å². The summed E-state index contributed by atoms with van der Waals surface area (Å²) in [6, 6.07) is 15.5. The van der Waals surface area contributed by atoms with E-state index in [9.17, 15) is 14.0 Å². The van der Waals surface area contributed by atoms with Crippen LogP contribution < -0.4 is 14.2 Å². The molecule has 0 saturated heterocycles. The van der Waals surface area contributed by atoms with Gasteiger partial charge in [-0.15, -0.1) is 5.06 Å². The number of carboxylic acids is 1. The van der Waals surface area contributed by atoms with Crippen LogP contribution in [0.3, 0.4) is 0 Å². The minimum absolute atomic E-state index is 0.00667. The van der Waals surface area contributed by atoms with Gasteiger partial charge in [0.1, 0.15) is 24.2 Å². The van der Waals surface area contributed by atoms with E-state index in [0.29, 0.717) is 23.5 Å². The first-order valence-electron chi connectivity index (χ1n) is 11.4. The molecule has 0 aliphatic carbocycles. The molecule has 3 aromatic carbocycles. The standard InChI is InChI=1S/C27H26FNO8/c1-33-23-12-18-10-11-29(37-27(32)36-15-17-6-4-3-5-7-17)26(20(18)14-24(23)34-2)21-13-19(28)8-9-22(21)35-16-25(30)31/h3-9,12-14,26H,10-11,15-16H2,1-2H3,(H,30,31). The van der Waals surface area contributed by atoms with Crippen LogP contribution in [-0.2, 0) is 27.4 Å². The van der Waals surface area contributed by atoms with Gasteiger partial charge in [0.15, 0.2) is 18.1 Å². The van der Waals surface area contributed by atoms with Gasteiger partial charge in [0.25, 0.3) is 0 Å². The maximum atomic E-state index is 14.5. The first-order chi connectivity index (χ1) is 17.9. The topological polar surface area (TPSA) is 104 Å². The van der Waals surface area contributed by atoms with Crippen molar-refractivity contribution < 1.29 is 42.9 Å². The summed E-state index contributed by atoms with van der Waals surface area (Å²) in [5.41, 5.74) is 2.55. The summed E-state index contributed by atoms with van der Waals surface area (Å²) >= 11 is 0. The quantitative estimate of drug-likeness (QED) is 0.415. The number of nitrogens with zero attached hydrogens (tertiary/aromatic N) is 1. The molecule has 1 aliphatic heterocycles. The molecular weight excluding hydrogens is 485 g/mol. The van der Waals surface area contributed by atoms with Crippen molar-refractivity contribution in [1.82, 2.24) is 5.06 Å². The average Bonchev–Trinajstić information content (AvgIpc) is 2.90. The smallest absolute Gasteiger partial charge is 0.493 e. The molecule has 0 fully saturated rings. The Morgan fingerprint density at radius 3 is 2.41 bits per heavy atom. The van der Waals surface area contributed by atoms with Crippen LogP contribution in [0.2, 0.25) is 0 Å². The lowest BCUT2D eigenvalue weighted by Crippen LogP contribution is -2.38. The third kappa shape index (κ3) is 6.10. The molecule has 1 aliphatic rings. The van der Waals surface area contributed by atoms with Gasteiger partial charge in [-0.05, 0) is 53.4 Å². The van der Waals surface area contributed by atoms with Crippen molar-refractivity contribution in [3.63, 3.8) is 0 Å². The molecule has 37 heavy (non-hydrogen) atoms. The van der Waals surface area contributed by atoms with Crippen LogP contribution in [0.25, 0.3) is 0 Å². The number of aliphatic carboxylic acids is 1. The SMILES string of the molecule is COc1cc2c(cc1OC)C(c1cc(F)ccc1OCC(=O)O)N(OC(=O)OCc1ccccc1)CC2. The number of rotatable bonds is 9. The fourth-order valence-corrected chi connectivity index (χ4v) is 4.19. The van der Waals surface area contributed by atoms with Crippen molar-refractivity contribution in [3.05, 3.63) is 88.7 Å². The second-order valence-corrected chi connectivity index (χ2v) is 8.18. The minimum atomic E-state index is -1.19. The van der Waals surface area contributed by atoms with Crippen LogP contribution in [0.4, 0.5) is 9.18 Å². The Labute approximate surface area is 212 Å². The first kappa shape index (κ1) is 25.8. The van der Waals surface area contributed by atoms with Gasteiger partial charge in [-0.25, -0.2) is 14.0 Å². The van der Waals surface area contributed by atoms with Gasteiger partial charge in [-0.2, -0.15) is 0 Å². The fourth-order valence-electron chi connectivity index (χ4n) is 4.19. The monoisotopic (exact) mass is 511 g/mol. The lowest BCUT2D eigenvalue weighted by atomic mass is 9.88. The predicted molar refractivity (Wildman–Crippen MR) is 129 cm³/mol. The van der Waals surface area contributed by atoms with Crippen molar-refractivity contribution in [2.45, 2.75) is 19.1 Å². The maximum absolute atomic E-state index is 14.5. The number of carbonyl (C=O) groups is 2. The highest BCUT2D eigenvalue weighted by molar-refractivity contribution is 5.68. The number of fused-ring (bicyclic) bond motifs is 1. The van der Waals surface area contributed by atoms with Gasteiger partial charge in [0.2, 0.25) is 0 Å².